The topological polar surface area (TPSA) is 66.5 Å². The Balaban J connectivity index is 1.39. The number of anilines is 1. The maximum Gasteiger partial charge on any atom is 0.233 e. The van der Waals surface area contributed by atoms with E-state index in [1.807, 2.05) is 12.2 Å². The number of nitrogens with one attached hydrogen (secondary N) is 1. The summed E-state index contributed by atoms with van der Waals surface area (Å²) in [4.78, 5) is 38.5. The smallest absolute Gasteiger partial charge is 0.233 e. The highest BCUT2D eigenvalue weighted by molar-refractivity contribution is 6.06. The minimum atomic E-state index is -1.06. The zero-order valence-electron chi connectivity index (χ0n) is 14.0. The predicted molar refractivity (Wildman–Crippen MR) is 88.7 cm³/mol. The van der Waals surface area contributed by atoms with E-state index in [-0.39, 0.29) is 54.1 Å². The molecule has 0 radical (unpaired) electrons. The van der Waals surface area contributed by atoms with E-state index in [9.17, 15) is 23.2 Å². The molecule has 0 spiro atoms. The van der Waals surface area contributed by atoms with Crippen LogP contribution in [0.15, 0.2) is 30.4 Å². The Morgan fingerprint density at radius 2 is 1.65 bits per heavy atom. The molecule has 3 amide bonds. The molecular weight excluding hydrogens is 342 g/mol. The molecule has 26 heavy (non-hydrogen) atoms. The Bertz CT molecular complexity index is 791. The van der Waals surface area contributed by atoms with Gasteiger partial charge in [0.1, 0.15) is 0 Å². The van der Waals surface area contributed by atoms with Gasteiger partial charge in [0.15, 0.2) is 11.6 Å². The highest BCUT2D eigenvalue weighted by Crippen LogP contribution is 2.49. The second-order valence-corrected chi connectivity index (χ2v) is 7.10. The molecule has 1 saturated carbocycles. The van der Waals surface area contributed by atoms with Crippen molar-refractivity contribution in [2.24, 2.45) is 23.7 Å². The van der Waals surface area contributed by atoms with Crippen LogP contribution in [0.2, 0.25) is 0 Å². The zero-order valence-corrected chi connectivity index (χ0v) is 14.0. The first-order valence-electron chi connectivity index (χ1n) is 8.74. The lowest BCUT2D eigenvalue weighted by Crippen LogP contribution is -2.38. The minimum absolute atomic E-state index is 0.000380. The highest BCUT2D eigenvalue weighted by atomic mass is 19.2. The van der Waals surface area contributed by atoms with Crippen LogP contribution < -0.4 is 5.32 Å². The highest BCUT2D eigenvalue weighted by Gasteiger charge is 2.56. The molecule has 5 nitrogen and oxygen atoms in total. The van der Waals surface area contributed by atoms with Gasteiger partial charge in [0, 0.05) is 24.7 Å². The van der Waals surface area contributed by atoms with Crippen molar-refractivity contribution in [1.29, 1.82) is 0 Å². The fraction of sp³-hybridized carbons (Fsp3) is 0.421. The van der Waals surface area contributed by atoms with Crippen molar-refractivity contribution in [3.05, 3.63) is 42.0 Å². The van der Waals surface area contributed by atoms with E-state index in [0.717, 1.165) is 25.0 Å². The number of hydrogen-bond donors (Lipinski definition) is 1. The van der Waals surface area contributed by atoms with E-state index in [1.165, 1.54) is 11.0 Å². The Labute approximate surface area is 149 Å². The summed E-state index contributed by atoms with van der Waals surface area (Å²) in [5.41, 5.74) is 0.129. The number of carbonyl (C=O) groups excluding carboxylic acids is 3. The summed E-state index contributed by atoms with van der Waals surface area (Å²) in [5.74, 6) is -3.26. The second kappa shape index (κ2) is 6.30. The molecule has 3 aliphatic carbocycles. The summed E-state index contributed by atoms with van der Waals surface area (Å²) < 4.78 is 26.1. The quantitative estimate of drug-likeness (QED) is 0.663. The molecule has 2 fully saturated rings. The summed E-state index contributed by atoms with van der Waals surface area (Å²) in [6.07, 6.45) is 5.84. The standard InChI is InChI=1S/C19H18F2N2O3/c20-13-6-5-12(9-14(13)21)22-15(24)7-8-23-18(25)16-10-1-2-11(4-3-10)17(16)19(23)26/h1-2,5-6,9-11,16-17H,3-4,7-8H2,(H,22,24)/t10-,11-,16-,17+/m0/s1. The van der Waals surface area contributed by atoms with Gasteiger partial charge in [-0.2, -0.15) is 0 Å². The summed E-state index contributed by atoms with van der Waals surface area (Å²) in [6, 6.07) is 3.06. The van der Waals surface area contributed by atoms with Gasteiger partial charge in [-0.3, -0.25) is 19.3 Å². The molecule has 0 aromatic heterocycles. The number of carbonyl (C=O) groups is 3. The van der Waals surface area contributed by atoms with Crippen LogP contribution in [0.5, 0.6) is 0 Å². The molecule has 4 aliphatic rings. The van der Waals surface area contributed by atoms with Gasteiger partial charge in [-0.25, -0.2) is 8.78 Å². The molecule has 1 saturated heterocycles. The van der Waals surface area contributed by atoms with Crippen molar-refractivity contribution in [1.82, 2.24) is 4.90 Å². The number of halogens is 2. The van der Waals surface area contributed by atoms with Crippen LogP contribution in [-0.4, -0.2) is 29.2 Å². The predicted octanol–water partition coefficient (Wildman–Crippen LogP) is 2.49. The molecule has 7 heteroatoms. The first-order valence-corrected chi connectivity index (χ1v) is 8.74. The van der Waals surface area contributed by atoms with Crippen LogP contribution in [0.3, 0.4) is 0 Å². The van der Waals surface area contributed by atoms with Crippen LogP contribution >= 0.6 is 0 Å². The maximum absolute atomic E-state index is 13.2. The van der Waals surface area contributed by atoms with Gasteiger partial charge in [0.2, 0.25) is 17.7 Å². The average Bonchev–Trinajstić information content (AvgIpc) is 2.90. The number of allylic oxidation sites excluding steroid dienone is 2. The Kier molecular flexibility index (Phi) is 4.09. The molecule has 1 heterocycles. The van der Waals surface area contributed by atoms with Crippen molar-refractivity contribution in [2.75, 3.05) is 11.9 Å². The van der Waals surface area contributed by atoms with E-state index < -0.39 is 17.5 Å². The number of imide groups is 1. The summed E-state index contributed by atoms with van der Waals surface area (Å²) >= 11 is 0. The van der Waals surface area contributed by atoms with Crippen molar-refractivity contribution >= 4 is 23.4 Å². The average molecular weight is 360 g/mol. The number of likely N-dealkylation sites (tertiary alicyclic amines) is 1. The van der Waals surface area contributed by atoms with E-state index in [0.29, 0.717) is 0 Å². The number of hydrogen-bond acceptors (Lipinski definition) is 3. The minimum Gasteiger partial charge on any atom is -0.326 e. The number of amides is 3. The third kappa shape index (κ3) is 2.71. The van der Waals surface area contributed by atoms with Gasteiger partial charge in [-0.15, -0.1) is 0 Å². The molecule has 1 aromatic carbocycles. The first-order chi connectivity index (χ1) is 12.5. The van der Waals surface area contributed by atoms with Crippen LogP contribution in [0.25, 0.3) is 0 Å². The lowest BCUT2D eigenvalue weighted by Gasteiger charge is -2.38. The van der Waals surface area contributed by atoms with E-state index in [1.54, 1.807) is 0 Å². The van der Waals surface area contributed by atoms with Crippen LogP contribution in [0.1, 0.15) is 19.3 Å². The lowest BCUT2D eigenvalue weighted by atomic mass is 9.63. The van der Waals surface area contributed by atoms with Gasteiger partial charge < -0.3 is 5.32 Å². The largest absolute Gasteiger partial charge is 0.326 e. The van der Waals surface area contributed by atoms with Crippen molar-refractivity contribution in [2.45, 2.75) is 19.3 Å². The van der Waals surface area contributed by atoms with Gasteiger partial charge in [-0.1, -0.05) is 12.2 Å². The molecule has 5 rings (SSSR count). The fourth-order valence-electron chi connectivity index (χ4n) is 4.37. The van der Waals surface area contributed by atoms with E-state index in [2.05, 4.69) is 5.32 Å². The Morgan fingerprint density at radius 1 is 1.04 bits per heavy atom. The number of nitrogens with zero attached hydrogens (tertiary/aromatic N) is 1. The zero-order chi connectivity index (χ0) is 18.4. The molecule has 1 N–H and O–H groups in total. The van der Waals surface area contributed by atoms with Crippen LogP contribution in [0.4, 0.5) is 14.5 Å². The molecule has 4 atom stereocenters. The summed E-state index contributed by atoms with van der Waals surface area (Å²) in [7, 11) is 0. The fourth-order valence-corrected chi connectivity index (χ4v) is 4.37. The molecule has 1 aromatic rings. The van der Waals surface area contributed by atoms with Crippen molar-refractivity contribution in [3.8, 4) is 0 Å². The molecule has 0 unspecified atom stereocenters. The normalized spacial score (nSPS) is 29.2. The SMILES string of the molecule is O=C(CCN1C(=O)[C@@H]2[C@H](C1=O)[C@H]1C=C[C@H]2CC1)Nc1ccc(F)c(F)c1. The molecular formula is C19H18F2N2O3. The maximum atomic E-state index is 13.2. The lowest BCUT2D eigenvalue weighted by molar-refractivity contribution is -0.140. The van der Waals surface area contributed by atoms with Gasteiger partial charge in [-0.05, 0) is 36.8 Å². The van der Waals surface area contributed by atoms with E-state index >= 15 is 0 Å². The van der Waals surface area contributed by atoms with Gasteiger partial charge in [0.05, 0.1) is 11.8 Å². The summed E-state index contributed by atoms with van der Waals surface area (Å²) in [5, 5.41) is 2.45. The Hall–Kier alpha value is -2.57. The Morgan fingerprint density at radius 3 is 2.19 bits per heavy atom. The first kappa shape index (κ1) is 16.9. The van der Waals surface area contributed by atoms with E-state index in [4.69, 9.17) is 0 Å². The molecule has 136 valence electrons. The number of benzene rings is 1. The monoisotopic (exact) mass is 360 g/mol. The summed E-state index contributed by atoms with van der Waals surface area (Å²) in [6.45, 7) is -0.000380. The van der Waals surface area contributed by atoms with Crippen molar-refractivity contribution in [3.63, 3.8) is 0 Å². The van der Waals surface area contributed by atoms with Gasteiger partial charge >= 0.3 is 0 Å². The van der Waals surface area contributed by atoms with Crippen molar-refractivity contribution < 1.29 is 23.2 Å². The van der Waals surface area contributed by atoms with Crippen LogP contribution in [0, 0.1) is 35.3 Å². The third-order valence-electron chi connectivity index (χ3n) is 5.62. The van der Waals surface area contributed by atoms with Crippen LogP contribution in [-0.2, 0) is 14.4 Å². The molecule has 2 bridgehead atoms. The van der Waals surface area contributed by atoms with Gasteiger partial charge in [0.25, 0.3) is 0 Å². The third-order valence-corrected chi connectivity index (χ3v) is 5.62. The molecule has 1 aliphatic heterocycles. The second-order valence-electron chi connectivity index (χ2n) is 7.10. The number of rotatable bonds is 4. The number of fused-ring (bicyclic) bond motifs is 1.